The largest absolute Gasteiger partial charge is 0.463 e. The van der Waals surface area contributed by atoms with Crippen LogP contribution in [0.25, 0.3) is 11.6 Å². The van der Waals surface area contributed by atoms with E-state index in [4.69, 9.17) is 4.74 Å². The monoisotopic (exact) mass is 362 g/mol. The number of nitriles is 1. The second kappa shape index (κ2) is 8.41. The molecule has 5 heteroatoms. The van der Waals surface area contributed by atoms with E-state index < -0.39 is 5.97 Å². The zero-order valence-electron chi connectivity index (χ0n) is 14.4. The van der Waals surface area contributed by atoms with E-state index >= 15 is 0 Å². The Morgan fingerprint density at radius 3 is 2.73 bits per heavy atom. The van der Waals surface area contributed by atoms with Crippen LogP contribution in [0.1, 0.15) is 23.7 Å². The minimum atomic E-state index is -0.393. The van der Waals surface area contributed by atoms with Crippen molar-refractivity contribution in [1.82, 2.24) is 4.40 Å². The molecule has 0 atom stereocenters. The van der Waals surface area contributed by atoms with Gasteiger partial charge in [0, 0.05) is 18.0 Å². The summed E-state index contributed by atoms with van der Waals surface area (Å²) in [4.78, 5) is 12.6. The molecular weight excluding hydrogens is 344 g/mol. The van der Waals surface area contributed by atoms with Crippen LogP contribution in [0.3, 0.4) is 0 Å². The summed E-state index contributed by atoms with van der Waals surface area (Å²) in [5.41, 5.74) is 3.44. The van der Waals surface area contributed by atoms with E-state index in [1.165, 1.54) is 11.6 Å². The third-order valence-electron chi connectivity index (χ3n) is 3.84. The number of carbonyl (C=O) groups excluding carboxylic acids is 1. The van der Waals surface area contributed by atoms with Crippen LogP contribution in [-0.2, 0) is 15.3 Å². The van der Waals surface area contributed by atoms with Crippen molar-refractivity contribution in [1.29, 1.82) is 5.26 Å². The fourth-order valence-electron chi connectivity index (χ4n) is 2.69. The molecule has 130 valence electrons. The lowest BCUT2D eigenvalue weighted by Crippen LogP contribution is -1.99. The summed E-state index contributed by atoms with van der Waals surface area (Å²) in [5.74, 6) is 0.350. The molecule has 3 aromatic rings. The molecule has 0 unspecified atom stereocenters. The number of hydrogen-bond acceptors (Lipinski definition) is 4. The van der Waals surface area contributed by atoms with Gasteiger partial charge >= 0.3 is 5.97 Å². The van der Waals surface area contributed by atoms with Gasteiger partial charge in [-0.05, 0) is 30.7 Å². The number of esters is 1. The molecule has 3 rings (SSSR count). The number of pyridine rings is 1. The van der Waals surface area contributed by atoms with Crippen molar-refractivity contribution in [3.05, 3.63) is 77.6 Å². The summed E-state index contributed by atoms with van der Waals surface area (Å²) in [6.45, 7) is 2.10. The SMILES string of the molecule is CCOC(=O)/C=C/c1c(SCc2ccccc2)c(C#N)c2ccccn12. The molecule has 0 aliphatic heterocycles. The van der Waals surface area contributed by atoms with Gasteiger partial charge in [-0.2, -0.15) is 5.26 Å². The van der Waals surface area contributed by atoms with E-state index in [2.05, 4.69) is 18.2 Å². The molecule has 0 spiro atoms. The highest BCUT2D eigenvalue weighted by Gasteiger charge is 2.17. The van der Waals surface area contributed by atoms with E-state index in [1.807, 2.05) is 47.0 Å². The van der Waals surface area contributed by atoms with E-state index in [0.29, 0.717) is 12.2 Å². The number of thioether (sulfide) groups is 1. The Bertz CT molecular complexity index is 984. The van der Waals surface area contributed by atoms with Crippen LogP contribution < -0.4 is 0 Å². The number of carbonyl (C=O) groups is 1. The van der Waals surface area contributed by atoms with E-state index in [0.717, 1.165) is 21.9 Å². The van der Waals surface area contributed by atoms with Gasteiger partial charge < -0.3 is 9.14 Å². The van der Waals surface area contributed by atoms with Gasteiger partial charge in [0.2, 0.25) is 0 Å². The van der Waals surface area contributed by atoms with Gasteiger partial charge in [-0.25, -0.2) is 4.79 Å². The van der Waals surface area contributed by atoms with Crippen LogP contribution >= 0.6 is 11.8 Å². The molecule has 0 amide bonds. The second-order valence-corrected chi connectivity index (χ2v) is 6.50. The van der Waals surface area contributed by atoms with Crippen molar-refractivity contribution < 1.29 is 9.53 Å². The molecule has 2 aromatic heterocycles. The topological polar surface area (TPSA) is 54.5 Å². The summed E-state index contributed by atoms with van der Waals surface area (Å²) in [6, 6.07) is 18.1. The highest BCUT2D eigenvalue weighted by molar-refractivity contribution is 7.98. The Labute approximate surface area is 156 Å². The summed E-state index contributed by atoms with van der Waals surface area (Å²) in [7, 11) is 0. The molecule has 1 aromatic carbocycles. The normalized spacial score (nSPS) is 10.9. The van der Waals surface area contributed by atoms with Gasteiger partial charge in [-0.15, -0.1) is 11.8 Å². The quantitative estimate of drug-likeness (QED) is 0.363. The summed E-state index contributed by atoms with van der Waals surface area (Å²) in [6.07, 6.45) is 5.03. The molecule has 0 aliphatic rings. The highest BCUT2D eigenvalue weighted by Crippen LogP contribution is 2.35. The predicted octanol–water partition coefficient (Wildman–Crippen LogP) is 4.68. The molecule has 0 saturated carbocycles. The number of nitrogens with zero attached hydrogens (tertiary/aromatic N) is 2. The smallest absolute Gasteiger partial charge is 0.330 e. The minimum Gasteiger partial charge on any atom is -0.463 e. The number of rotatable bonds is 6. The summed E-state index contributed by atoms with van der Waals surface area (Å²) in [5, 5.41) is 9.70. The molecule has 2 heterocycles. The summed E-state index contributed by atoms with van der Waals surface area (Å²) < 4.78 is 6.90. The standard InChI is InChI=1S/C21H18N2O2S/c1-2-25-20(24)12-11-19-21(26-15-16-8-4-3-5-9-16)17(14-22)18-10-6-7-13-23(18)19/h3-13H,2,15H2,1H3/b12-11+. The third kappa shape index (κ3) is 3.81. The highest BCUT2D eigenvalue weighted by atomic mass is 32.2. The first-order chi connectivity index (χ1) is 12.7. The number of fused-ring (bicyclic) bond motifs is 1. The average Bonchev–Trinajstić information content (AvgIpc) is 2.98. The first-order valence-electron chi connectivity index (χ1n) is 8.29. The van der Waals surface area contributed by atoms with Crippen LogP contribution in [0.15, 0.2) is 65.7 Å². The lowest BCUT2D eigenvalue weighted by Gasteiger charge is -2.03. The van der Waals surface area contributed by atoms with E-state index in [9.17, 15) is 10.1 Å². The van der Waals surface area contributed by atoms with Gasteiger partial charge in [0.25, 0.3) is 0 Å². The maximum Gasteiger partial charge on any atom is 0.330 e. The summed E-state index contributed by atoms with van der Waals surface area (Å²) >= 11 is 1.60. The molecule has 0 radical (unpaired) electrons. The fourth-order valence-corrected chi connectivity index (χ4v) is 3.80. The van der Waals surface area contributed by atoms with Crippen molar-refractivity contribution in [2.24, 2.45) is 0 Å². The number of aromatic nitrogens is 1. The van der Waals surface area contributed by atoms with E-state index in [-0.39, 0.29) is 0 Å². The van der Waals surface area contributed by atoms with Gasteiger partial charge in [0.05, 0.1) is 28.3 Å². The Kier molecular flexibility index (Phi) is 5.77. The van der Waals surface area contributed by atoms with Gasteiger partial charge in [0.1, 0.15) is 6.07 Å². The Morgan fingerprint density at radius 1 is 1.23 bits per heavy atom. The Balaban J connectivity index is 2.02. The van der Waals surface area contributed by atoms with Gasteiger partial charge in [0.15, 0.2) is 0 Å². The zero-order valence-corrected chi connectivity index (χ0v) is 15.2. The van der Waals surface area contributed by atoms with Gasteiger partial charge in [-0.3, -0.25) is 0 Å². The minimum absolute atomic E-state index is 0.330. The lowest BCUT2D eigenvalue weighted by molar-refractivity contribution is -0.137. The van der Waals surface area contributed by atoms with Crippen LogP contribution in [0.2, 0.25) is 0 Å². The Morgan fingerprint density at radius 2 is 2.00 bits per heavy atom. The molecule has 0 N–H and O–H groups in total. The molecule has 4 nitrogen and oxygen atoms in total. The van der Waals surface area contributed by atoms with Crippen molar-refractivity contribution in [2.45, 2.75) is 17.6 Å². The molecule has 0 fully saturated rings. The lowest BCUT2D eigenvalue weighted by atomic mass is 10.2. The number of benzene rings is 1. The van der Waals surface area contributed by atoms with Gasteiger partial charge in [-0.1, -0.05) is 36.4 Å². The van der Waals surface area contributed by atoms with Crippen molar-refractivity contribution in [2.75, 3.05) is 6.61 Å². The van der Waals surface area contributed by atoms with Crippen LogP contribution in [0, 0.1) is 11.3 Å². The number of hydrogen-bond donors (Lipinski definition) is 0. The third-order valence-corrected chi connectivity index (χ3v) is 5.02. The van der Waals surface area contributed by atoms with Crippen LogP contribution in [0.4, 0.5) is 0 Å². The predicted molar refractivity (Wildman–Crippen MR) is 104 cm³/mol. The molecule has 0 bridgehead atoms. The average molecular weight is 362 g/mol. The number of ether oxygens (including phenoxy) is 1. The first-order valence-corrected chi connectivity index (χ1v) is 9.28. The van der Waals surface area contributed by atoms with Crippen LogP contribution in [-0.4, -0.2) is 17.0 Å². The maximum atomic E-state index is 11.7. The second-order valence-electron chi connectivity index (χ2n) is 5.52. The van der Waals surface area contributed by atoms with Crippen molar-refractivity contribution in [3.63, 3.8) is 0 Å². The zero-order chi connectivity index (χ0) is 18.4. The van der Waals surface area contributed by atoms with Crippen molar-refractivity contribution >= 4 is 29.3 Å². The first kappa shape index (κ1) is 17.8. The fraction of sp³-hybridized carbons (Fsp3) is 0.143. The van der Waals surface area contributed by atoms with Crippen LogP contribution in [0.5, 0.6) is 0 Å². The van der Waals surface area contributed by atoms with E-state index in [1.54, 1.807) is 24.8 Å². The van der Waals surface area contributed by atoms with Crippen molar-refractivity contribution in [3.8, 4) is 6.07 Å². The molecule has 26 heavy (non-hydrogen) atoms. The maximum absolute atomic E-state index is 11.7. The molecular formula is C21H18N2O2S. The molecule has 0 aliphatic carbocycles. The molecule has 0 saturated heterocycles. The Hall–Kier alpha value is -2.97.